The lowest BCUT2D eigenvalue weighted by Gasteiger charge is -2.41. The van der Waals surface area contributed by atoms with Crippen LogP contribution in [-0.2, 0) is 6.42 Å². The predicted molar refractivity (Wildman–Crippen MR) is 86.3 cm³/mol. The first kappa shape index (κ1) is 13.9. The second-order valence-corrected chi connectivity index (χ2v) is 6.42. The monoisotopic (exact) mass is 296 g/mol. The lowest BCUT2D eigenvalue weighted by atomic mass is 9.87. The van der Waals surface area contributed by atoms with E-state index in [4.69, 9.17) is 0 Å². The SMILES string of the molecule is Fc1ccc([C@H]2c3ccccc3CCN2CC2CNC2)cc1. The zero-order valence-electron chi connectivity index (χ0n) is 12.6. The quantitative estimate of drug-likeness (QED) is 0.937. The molecule has 0 radical (unpaired) electrons. The number of hydrogen-bond acceptors (Lipinski definition) is 2. The lowest BCUT2D eigenvalue weighted by molar-refractivity contribution is 0.153. The molecule has 1 N–H and O–H groups in total. The van der Waals surface area contributed by atoms with Gasteiger partial charge in [0.25, 0.3) is 0 Å². The molecule has 1 atom stereocenters. The highest BCUT2D eigenvalue weighted by molar-refractivity contribution is 5.39. The molecule has 0 aromatic heterocycles. The normalized spacial score (nSPS) is 22.1. The van der Waals surface area contributed by atoms with Gasteiger partial charge in [-0.3, -0.25) is 4.90 Å². The average Bonchev–Trinajstić information content (AvgIpc) is 2.51. The molecule has 1 fully saturated rings. The molecule has 2 heterocycles. The Kier molecular flexibility index (Phi) is 3.68. The van der Waals surface area contributed by atoms with E-state index in [2.05, 4.69) is 34.5 Å². The number of hydrogen-bond donors (Lipinski definition) is 1. The van der Waals surface area contributed by atoms with Crippen molar-refractivity contribution in [3.8, 4) is 0 Å². The van der Waals surface area contributed by atoms with Crippen LogP contribution in [0.5, 0.6) is 0 Å². The number of rotatable bonds is 3. The molecule has 22 heavy (non-hydrogen) atoms. The molecule has 0 bridgehead atoms. The van der Waals surface area contributed by atoms with Gasteiger partial charge in [0.1, 0.15) is 5.82 Å². The molecule has 0 unspecified atom stereocenters. The fourth-order valence-corrected chi connectivity index (χ4v) is 3.66. The smallest absolute Gasteiger partial charge is 0.123 e. The van der Waals surface area contributed by atoms with Crippen LogP contribution in [0.15, 0.2) is 48.5 Å². The standard InChI is InChI=1S/C19H21FN2/c20-17-7-5-16(6-8-17)19-18-4-2-1-3-15(18)9-10-22(19)13-14-11-21-12-14/h1-8,14,19,21H,9-13H2/t19-/m0/s1. The molecule has 0 amide bonds. The second-order valence-electron chi connectivity index (χ2n) is 6.42. The predicted octanol–water partition coefficient (Wildman–Crippen LogP) is 2.99. The van der Waals surface area contributed by atoms with Gasteiger partial charge in [-0.25, -0.2) is 4.39 Å². The maximum absolute atomic E-state index is 13.3. The third-order valence-corrected chi connectivity index (χ3v) is 4.93. The summed E-state index contributed by atoms with van der Waals surface area (Å²) in [6.45, 7) is 4.43. The summed E-state index contributed by atoms with van der Waals surface area (Å²) in [4.78, 5) is 2.57. The zero-order chi connectivity index (χ0) is 14.9. The van der Waals surface area contributed by atoms with Crippen molar-refractivity contribution in [2.24, 2.45) is 5.92 Å². The fraction of sp³-hybridized carbons (Fsp3) is 0.368. The molecule has 1 saturated heterocycles. The van der Waals surface area contributed by atoms with Crippen molar-refractivity contribution in [3.05, 3.63) is 71.0 Å². The van der Waals surface area contributed by atoms with Crippen molar-refractivity contribution in [3.63, 3.8) is 0 Å². The van der Waals surface area contributed by atoms with Gasteiger partial charge in [-0.05, 0) is 41.2 Å². The molecule has 0 spiro atoms. The van der Waals surface area contributed by atoms with E-state index in [1.54, 1.807) is 12.1 Å². The molecular weight excluding hydrogens is 275 g/mol. The van der Waals surface area contributed by atoms with E-state index in [0.717, 1.165) is 38.5 Å². The maximum atomic E-state index is 13.3. The Balaban J connectivity index is 1.71. The first-order chi connectivity index (χ1) is 10.8. The lowest BCUT2D eigenvalue weighted by Crippen LogP contribution is -2.50. The number of nitrogens with zero attached hydrogens (tertiary/aromatic N) is 1. The minimum Gasteiger partial charge on any atom is -0.316 e. The summed E-state index contributed by atoms with van der Waals surface area (Å²) >= 11 is 0. The van der Waals surface area contributed by atoms with Crippen LogP contribution in [-0.4, -0.2) is 31.1 Å². The Hall–Kier alpha value is -1.71. The van der Waals surface area contributed by atoms with Crippen LogP contribution in [0.3, 0.4) is 0 Å². The molecule has 3 heteroatoms. The molecule has 114 valence electrons. The van der Waals surface area contributed by atoms with Crippen molar-refractivity contribution >= 4 is 0 Å². The molecule has 4 rings (SSSR count). The van der Waals surface area contributed by atoms with E-state index < -0.39 is 0 Å². The van der Waals surface area contributed by atoms with Crippen molar-refractivity contribution in [1.29, 1.82) is 0 Å². The van der Waals surface area contributed by atoms with Crippen LogP contribution < -0.4 is 5.32 Å². The summed E-state index contributed by atoms with van der Waals surface area (Å²) in [7, 11) is 0. The first-order valence-electron chi connectivity index (χ1n) is 8.09. The summed E-state index contributed by atoms with van der Waals surface area (Å²) in [6, 6.07) is 16.0. The van der Waals surface area contributed by atoms with E-state index in [1.165, 1.54) is 16.7 Å². The molecule has 2 nitrogen and oxygen atoms in total. The van der Waals surface area contributed by atoms with Gasteiger partial charge < -0.3 is 5.32 Å². The second kappa shape index (κ2) is 5.82. The molecule has 2 aliphatic rings. The highest BCUT2D eigenvalue weighted by atomic mass is 19.1. The van der Waals surface area contributed by atoms with E-state index in [1.807, 2.05) is 12.1 Å². The first-order valence-corrected chi connectivity index (χ1v) is 8.09. The van der Waals surface area contributed by atoms with Gasteiger partial charge in [-0.1, -0.05) is 36.4 Å². The van der Waals surface area contributed by atoms with Crippen LogP contribution >= 0.6 is 0 Å². The Bertz CT molecular complexity index is 649. The van der Waals surface area contributed by atoms with Crippen LogP contribution in [0.1, 0.15) is 22.7 Å². The van der Waals surface area contributed by atoms with Gasteiger partial charge in [0.15, 0.2) is 0 Å². The minimum absolute atomic E-state index is 0.164. The molecular formula is C19H21FN2. The Morgan fingerprint density at radius 1 is 1.05 bits per heavy atom. The van der Waals surface area contributed by atoms with Crippen LogP contribution in [0, 0.1) is 11.7 Å². The summed E-state index contributed by atoms with van der Waals surface area (Å²) in [6.07, 6.45) is 1.11. The number of halogens is 1. The molecule has 2 aliphatic heterocycles. The third kappa shape index (κ3) is 2.55. The van der Waals surface area contributed by atoms with Gasteiger partial charge in [-0.2, -0.15) is 0 Å². The van der Waals surface area contributed by atoms with Crippen molar-refractivity contribution < 1.29 is 4.39 Å². The van der Waals surface area contributed by atoms with Gasteiger partial charge in [-0.15, -0.1) is 0 Å². The zero-order valence-corrected chi connectivity index (χ0v) is 12.6. The maximum Gasteiger partial charge on any atom is 0.123 e. The topological polar surface area (TPSA) is 15.3 Å². The van der Waals surface area contributed by atoms with E-state index in [9.17, 15) is 4.39 Å². The molecule has 0 saturated carbocycles. The van der Waals surface area contributed by atoms with E-state index >= 15 is 0 Å². The summed E-state index contributed by atoms with van der Waals surface area (Å²) in [5.74, 6) is 0.579. The number of benzene rings is 2. The van der Waals surface area contributed by atoms with Gasteiger partial charge in [0.2, 0.25) is 0 Å². The number of nitrogens with one attached hydrogen (secondary N) is 1. The highest BCUT2D eigenvalue weighted by Gasteiger charge is 2.31. The largest absolute Gasteiger partial charge is 0.316 e. The summed E-state index contributed by atoms with van der Waals surface area (Å²) < 4.78 is 13.3. The van der Waals surface area contributed by atoms with Crippen LogP contribution in [0.4, 0.5) is 4.39 Å². The van der Waals surface area contributed by atoms with Crippen LogP contribution in [0.25, 0.3) is 0 Å². The van der Waals surface area contributed by atoms with Gasteiger partial charge in [0.05, 0.1) is 6.04 Å². The Labute approximate surface area is 131 Å². The van der Waals surface area contributed by atoms with Crippen molar-refractivity contribution in [2.45, 2.75) is 12.5 Å². The van der Waals surface area contributed by atoms with Crippen molar-refractivity contribution in [1.82, 2.24) is 10.2 Å². The highest BCUT2D eigenvalue weighted by Crippen LogP contribution is 2.35. The summed E-state index contributed by atoms with van der Waals surface area (Å²) in [5.41, 5.74) is 4.01. The average molecular weight is 296 g/mol. The fourth-order valence-electron chi connectivity index (χ4n) is 3.66. The Morgan fingerprint density at radius 2 is 1.82 bits per heavy atom. The molecule has 0 aliphatic carbocycles. The van der Waals surface area contributed by atoms with Crippen LogP contribution in [0.2, 0.25) is 0 Å². The van der Waals surface area contributed by atoms with E-state index in [-0.39, 0.29) is 11.9 Å². The Morgan fingerprint density at radius 3 is 2.55 bits per heavy atom. The van der Waals surface area contributed by atoms with Gasteiger partial charge in [0, 0.05) is 26.2 Å². The minimum atomic E-state index is -0.164. The third-order valence-electron chi connectivity index (χ3n) is 4.93. The molecule has 2 aromatic carbocycles. The van der Waals surface area contributed by atoms with E-state index in [0.29, 0.717) is 0 Å². The number of fused-ring (bicyclic) bond motifs is 1. The molecule has 2 aromatic rings. The van der Waals surface area contributed by atoms with Gasteiger partial charge >= 0.3 is 0 Å². The summed E-state index contributed by atoms with van der Waals surface area (Å²) in [5, 5.41) is 3.36. The van der Waals surface area contributed by atoms with Crippen molar-refractivity contribution in [2.75, 3.05) is 26.2 Å².